The molecule has 3 rings (SSSR count). The van der Waals surface area contributed by atoms with Gasteiger partial charge in [-0.3, -0.25) is 0 Å². The molecule has 0 amide bonds. The SMILES string of the molecule is COC(=O)c1ccc(CCc2ccc(CCc3cc(OC)c(OC)c(OC)c3)cc2)cc1OC. The number of esters is 1. The van der Waals surface area contributed by atoms with Crippen LogP contribution in [0.1, 0.15) is 32.6 Å². The molecule has 6 heteroatoms. The number of hydrogen-bond acceptors (Lipinski definition) is 6. The quantitative estimate of drug-likeness (QED) is 0.369. The zero-order valence-electron chi connectivity index (χ0n) is 20.5. The minimum absolute atomic E-state index is 0.398. The maximum Gasteiger partial charge on any atom is 0.341 e. The smallest absolute Gasteiger partial charge is 0.341 e. The Balaban J connectivity index is 1.60. The Kier molecular flexibility index (Phi) is 8.79. The molecular weight excluding hydrogens is 432 g/mol. The minimum atomic E-state index is -0.398. The lowest BCUT2D eigenvalue weighted by atomic mass is 9.99. The van der Waals surface area contributed by atoms with Gasteiger partial charge in [0.05, 0.1) is 35.5 Å². The monoisotopic (exact) mass is 464 g/mol. The Labute approximate surface area is 201 Å². The summed E-state index contributed by atoms with van der Waals surface area (Å²) in [5, 5.41) is 0. The second-order valence-corrected chi connectivity index (χ2v) is 7.88. The van der Waals surface area contributed by atoms with Gasteiger partial charge in [-0.25, -0.2) is 4.79 Å². The van der Waals surface area contributed by atoms with Crippen molar-refractivity contribution < 1.29 is 28.5 Å². The standard InChI is InChI=1S/C28H32O6/c1-30-24-16-21(14-15-23(24)28(29)34-5)12-10-19-6-8-20(9-7-19)11-13-22-17-25(31-2)27(33-4)26(18-22)32-3/h6-9,14-18H,10-13H2,1-5H3. The zero-order valence-corrected chi connectivity index (χ0v) is 20.5. The molecule has 0 atom stereocenters. The third kappa shape index (κ3) is 6.01. The lowest BCUT2D eigenvalue weighted by Crippen LogP contribution is -2.05. The van der Waals surface area contributed by atoms with Crippen molar-refractivity contribution in [1.82, 2.24) is 0 Å². The van der Waals surface area contributed by atoms with Crippen LogP contribution >= 0.6 is 0 Å². The van der Waals surface area contributed by atoms with Crippen LogP contribution in [0.5, 0.6) is 23.0 Å². The van der Waals surface area contributed by atoms with E-state index in [9.17, 15) is 4.79 Å². The van der Waals surface area contributed by atoms with Gasteiger partial charge in [-0.1, -0.05) is 30.3 Å². The van der Waals surface area contributed by atoms with Gasteiger partial charge in [0.15, 0.2) is 11.5 Å². The molecule has 0 aliphatic heterocycles. The summed E-state index contributed by atoms with van der Waals surface area (Å²) in [7, 11) is 7.79. The van der Waals surface area contributed by atoms with E-state index in [1.54, 1.807) is 34.5 Å². The number of aryl methyl sites for hydroxylation is 4. The summed E-state index contributed by atoms with van der Waals surface area (Å²) in [6.45, 7) is 0. The fourth-order valence-electron chi connectivity index (χ4n) is 3.90. The zero-order chi connectivity index (χ0) is 24.5. The van der Waals surface area contributed by atoms with Gasteiger partial charge in [0.2, 0.25) is 5.75 Å². The highest BCUT2D eigenvalue weighted by atomic mass is 16.5. The van der Waals surface area contributed by atoms with Crippen molar-refractivity contribution in [3.05, 3.63) is 82.4 Å². The number of benzene rings is 3. The van der Waals surface area contributed by atoms with Crippen molar-refractivity contribution in [3.63, 3.8) is 0 Å². The number of ether oxygens (including phenoxy) is 5. The Hall–Kier alpha value is -3.67. The Bertz CT molecular complexity index is 1080. The average molecular weight is 465 g/mol. The molecular formula is C28H32O6. The molecule has 0 N–H and O–H groups in total. The molecule has 180 valence electrons. The van der Waals surface area contributed by atoms with E-state index in [0.29, 0.717) is 28.6 Å². The molecule has 0 radical (unpaired) electrons. The van der Waals surface area contributed by atoms with Crippen molar-refractivity contribution >= 4 is 5.97 Å². The normalized spacial score (nSPS) is 10.5. The van der Waals surface area contributed by atoms with Gasteiger partial charge in [-0.2, -0.15) is 0 Å². The van der Waals surface area contributed by atoms with Crippen LogP contribution in [0.4, 0.5) is 0 Å². The molecule has 0 unspecified atom stereocenters. The van der Waals surface area contributed by atoms with Crippen LogP contribution in [-0.2, 0) is 30.4 Å². The second-order valence-electron chi connectivity index (χ2n) is 7.88. The fourth-order valence-corrected chi connectivity index (χ4v) is 3.90. The molecule has 6 nitrogen and oxygen atoms in total. The second kappa shape index (κ2) is 12.0. The average Bonchev–Trinajstić information content (AvgIpc) is 2.89. The highest BCUT2D eigenvalue weighted by Gasteiger charge is 2.14. The molecule has 0 aromatic heterocycles. The van der Waals surface area contributed by atoms with Crippen LogP contribution in [0.2, 0.25) is 0 Å². The van der Waals surface area contributed by atoms with Crippen molar-refractivity contribution in [3.8, 4) is 23.0 Å². The van der Waals surface area contributed by atoms with Gasteiger partial charge in [-0.15, -0.1) is 0 Å². The van der Waals surface area contributed by atoms with Gasteiger partial charge in [0.25, 0.3) is 0 Å². The van der Waals surface area contributed by atoms with Crippen molar-refractivity contribution in [1.29, 1.82) is 0 Å². The summed E-state index contributed by atoms with van der Waals surface area (Å²) in [5.41, 5.74) is 5.19. The maximum atomic E-state index is 11.8. The maximum absolute atomic E-state index is 11.8. The van der Waals surface area contributed by atoms with Gasteiger partial charge >= 0.3 is 5.97 Å². The molecule has 3 aromatic carbocycles. The van der Waals surface area contributed by atoms with E-state index in [0.717, 1.165) is 36.8 Å². The molecule has 0 spiro atoms. The summed E-state index contributed by atoms with van der Waals surface area (Å²) >= 11 is 0. The summed E-state index contributed by atoms with van der Waals surface area (Å²) in [6, 6.07) is 18.3. The van der Waals surface area contributed by atoms with Crippen molar-refractivity contribution in [2.45, 2.75) is 25.7 Å². The third-order valence-electron chi connectivity index (χ3n) is 5.82. The minimum Gasteiger partial charge on any atom is -0.496 e. The molecule has 34 heavy (non-hydrogen) atoms. The number of methoxy groups -OCH3 is 5. The molecule has 0 fully saturated rings. The first-order valence-corrected chi connectivity index (χ1v) is 11.1. The van der Waals surface area contributed by atoms with Gasteiger partial charge in [-0.05, 0) is 72.2 Å². The van der Waals surface area contributed by atoms with Gasteiger partial charge in [0, 0.05) is 0 Å². The lowest BCUT2D eigenvalue weighted by molar-refractivity contribution is 0.0597. The highest BCUT2D eigenvalue weighted by Crippen LogP contribution is 2.38. The first-order chi connectivity index (χ1) is 16.5. The van der Waals surface area contributed by atoms with Gasteiger partial charge < -0.3 is 23.7 Å². The van der Waals surface area contributed by atoms with E-state index in [1.807, 2.05) is 24.3 Å². The van der Waals surface area contributed by atoms with Crippen LogP contribution in [0.25, 0.3) is 0 Å². The molecule has 0 heterocycles. The topological polar surface area (TPSA) is 63.2 Å². The third-order valence-corrected chi connectivity index (χ3v) is 5.82. The van der Waals surface area contributed by atoms with E-state index >= 15 is 0 Å². The summed E-state index contributed by atoms with van der Waals surface area (Å²) in [6.07, 6.45) is 3.52. The van der Waals surface area contributed by atoms with Crippen LogP contribution < -0.4 is 18.9 Å². The molecule has 0 saturated carbocycles. The Morgan fingerprint density at radius 2 is 1.00 bits per heavy atom. The van der Waals surface area contributed by atoms with Crippen LogP contribution in [0, 0.1) is 0 Å². The predicted octanol–water partition coefficient (Wildman–Crippen LogP) is 5.08. The highest BCUT2D eigenvalue weighted by molar-refractivity contribution is 5.92. The summed E-state index contributed by atoms with van der Waals surface area (Å²) in [5.74, 6) is 2.08. The van der Waals surface area contributed by atoms with Crippen LogP contribution in [0.3, 0.4) is 0 Å². The van der Waals surface area contributed by atoms with Crippen LogP contribution in [0.15, 0.2) is 54.6 Å². The number of carbonyl (C=O) groups excluding carboxylic acids is 1. The largest absolute Gasteiger partial charge is 0.496 e. The summed E-state index contributed by atoms with van der Waals surface area (Å²) < 4.78 is 26.5. The Morgan fingerprint density at radius 3 is 1.47 bits per heavy atom. The van der Waals surface area contributed by atoms with E-state index in [1.165, 1.54) is 18.2 Å². The molecule has 0 saturated heterocycles. The number of rotatable bonds is 11. The van der Waals surface area contributed by atoms with Crippen molar-refractivity contribution in [2.75, 3.05) is 35.5 Å². The van der Waals surface area contributed by atoms with E-state index in [4.69, 9.17) is 23.7 Å². The van der Waals surface area contributed by atoms with Crippen LogP contribution in [-0.4, -0.2) is 41.5 Å². The fraction of sp³-hybridized carbons (Fsp3) is 0.321. The first-order valence-electron chi connectivity index (χ1n) is 11.1. The summed E-state index contributed by atoms with van der Waals surface area (Å²) in [4.78, 5) is 11.8. The number of carbonyl (C=O) groups is 1. The Morgan fingerprint density at radius 1 is 0.559 bits per heavy atom. The molecule has 0 aliphatic rings. The predicted molar refractivity (Wildman–Crippen MR) is 132 cm³/mol. The van der Waals surface area contributed by atoms with E-state index in [2.05, 4.69) is 24.3 Å². The number of hydrogen-bond donors (Lipinski definition) is 0. The molecule has 0 bridgehead atoms. The lowest BCUT2D eigenvalue weighted by Gasteiger charge is -2.14. The van der Waals surface area contributed by atoms with Crippen molar-refractivity contribution in [2.24, 2.45) is 0 Å². The van der Waals surface area contributed by atoms with Gasteiger partial charge in [0.1, 0.15) is 11.3 Å². The first kappa shape index (κ1) is 25.0. The molecule has 0 aliphatic carbocycles. The van der Waals surface area contributed by atoms with E-state index < -0.39 is 5.97 Å². The molecule has 3 aromatic rings. The van der Waals surface area contributed by atoms with E-state index in [-0.39, 0.29) is 0 Å².